The first-order valence-corrected chi connectivity index (χ1v) is 6.54. The monoisotopic (exact) mass is 287 g/mol. The van der Waals surface area contributed by atoms with Crippen molar-refractivity contribution in [3.63, 3.8) is 0 Å². The maximum absolute atomic E-state index is 11.3. The number of rotatable bonds is 7. The van der Waals surface area contributed by atoms with E-state index in [0.29, 0.717) is 11.3 Å². The van der Waals surface area contributed by atoms with Crippen LogP contribution in [0.1, 0.15) is 24.5 Å². The van der Waals surface area contributed by atoms with E-state index in [1.807, 2.05) is 0 Å². The lowest BCUT2D eigenvalue weighted by molar-refractivity contribution is -0.115. The quantitative estimate of drug-likeness (QED) is 0.564. The van der Waals surface area contributed by atoms with Gasteiger partial charge in [-0.15, -0.1) is 11.6 Å². The minimum Gasteiger partial charge on any atom is -0.396 e. The summed E-state index contributed by atoms with van der Waals surface area (Å²) in [4.78, 5) is 11.3. The van der Waals surface area contributed by atoms with Crippen LogP contribution in [0.4, 0.5) is 5.69 Å². The smallest absolute Gasteiger partial charge is 0.225 e. The molecular weight excluding hydrogens is 270 g/mol. The van der Waals surface area contributed by atoms with E-state index < -0.39 is 12.2 Å². The van der Waals surface area contributed by atoms with E-state index in [2.05, 4.69) is 5.32 Å². The Morgan fingerprint density at radius 3 is 2.42 bits per heavy atom. The largest absolute Gasteiger partial charge is 0.396 e. The van der Waals surface area contributed by atoms with Gasteiger partial charge in [0.15, 0.2) is 0 Å². The first-order valence-electron chi connectivity index (χ1n) is 6.01. The average Bonchev–Trinajstić information content (AvgIpc) is 2.39. The fraction of sp³-hybridized carbons (Fsp3) is 0.462. The van der Waals surface area contributed by atoms with Crippen molar-refractivity contribution in [1.82, 2.24) is 0 Å². The molecule has 0 spiro atoms. The van der Waals surface area contributed by atoms with E-state index in [4.69, 9.17) is 16.7 Å². The number of nitrogens with one attached hydrogen (secondary N) is 1. The number of carbonyl (C=O) groups excluding carboxylic acids is 1. The number of amides is 1. The molecule has 0 aliphatic heterocycles. The third-order valence-electron chi connectivity index (χ3n) is 2.65. The Balaban J connectivity index is 2.63. The van der Waals surface area contributed by atoms with Crippen molar-refractivity contribution in [1.29, 1.82) is 0 Å². The van der Waals surface area contributed by atoms with Crippen molar-refractivity contribution < 1.29 is 20.1 Å². The molecule has 1 amide bonds. The number of halogens is 1. The molecule has 0 aromatic heterocycles. The summed E-state index contributed by atoms with van der Waals surface area (Å²) in [6, 6.07) is 6.50. The van der Waals surface area contributed by atoms with Crippen LogP contribution in [0.5, 0.6) is 0 Å². The first kappa shape index (κ1) is 15.9. The molecule has 19 heavy (non-hydrogen) atoms. The Morgan fingerprint density at radius 2 is 1.89 bits per heavy atom. The summed E-state index contributed by atoms with van der Waals surface area (Å²) in [7, 11) is 0. The number of aliphatic hydroxyl groups excluding tert-OH is 3. The predicted octanol–water partition coefficient (Wildman–Crippen LogP) is 1.03. The number of benzene rings is 1. The molecule has 0 heterocycles. The minimum absolute atomic E-state index is 0.107. The van der Waals surface area contributed by atoms with Crippen LogP contribution in [-0.4, -0.2) is 39.8 Å². The Hall–Kier alpha value is -1.14. The number of carbonyl (C=O) groups is 1. The first-order chi connectivity index (χ1) is 9.08. The van der Waals surface area contributed by atoms with Gasteiger partial charge < -0.3 is 20.6 Å². The normalized spacial score (nSPS) is 13.9. The highest BCUT2D eigenvalue weighted by atomic mass is 35.5. The van der Waals surface area contributed by atoms with Crippen molar-refractivity contribution in [3.05, 3.63) is 29.8 Å². The van der Waals surface area contributed by atoms with Gasteiger partial charge in [-0.2, -0.15) is 0 Å². The molecule has 0 radical (unpaired) electrons. The number of hydrogen-bond acceptors (Lipinski definition) is 4. The molecule has 0 fully saturated rings. The molecule has 6 heteroatoms. The SMILES string of the molecule is O=C(CCCl)Nc1ccc(C(O)C(O)CCO)cc1. The van der Waals surface area contributed by atoms with E-state index >= 15 is 0 Å². The second-order valence-electron chi connectivity index (χ2n) is 4.13. The highest BCUT2D eigenvalue weighted by Gasteiger charge is 2.17. The molecule has 4 N–H and O–H groups in total. The third-order valence-corrected chi connectivity index (χ3v) is 2.84. The third kappa shape index (κ3) is 5.16. The van der Waals surface area contributed by atoms with Gasteiger partial charge in [-0.05, 0) is 24.1 Å². The van der Waals surface area contributed by atoms with E-state index in [0.717, 1.165) is 0 Å². The summed E-state index contributed by atoms with van der Waals surface area (Å²) in [5.41, 5.74) is 1.12. The molecule has 2 unspecified atom stereocenters. The second kappa shape index (κ2) is 8.12. The number of aliphatic hydroxyl groups is 3. The van der Waals surface area contributed by atoms with Gasteiger partial charge in [-0.3, -0.25) is 4.79 Å². The van der Waals surface area contributed by atoms with E-state index in [1.54, 1.807) is 24.3 Å². The summed E-state index contributed by atoms with van der Waals surface area (Å²) in [5.74, 6) is 0.0827. The lowest BCUT2D eigenvalue weighted by atomic mass is 10.0. The summed E-state index contributed by atoms with van der Waals surface area (Å²) in [6.45, 7) is -0.190. The molecule has 2 atom stereocenters. The summed E-state index contributed by atoms with van der Waals surface area (Å²) < 4.78 is 0. The number of hydrogen-bond donors (Lipinski definition) is 4. The molecule has 5 nitrogen and oxygen atoms in total. The Labute approximate surface area is 116 Å². The van der Waals surface area contributed by atoms with Crippen LogP contribution in [0.3, 0.4) is 0 Å². The van der Waals surface area contributed by atoms with Crippen LogP contribution in [0.15, 0.2) is 24.3 Å². The standard InChI is InChI=1S/C13H18ClNO4/c14-7-5-12(18)15-10-3-1-9(2-4-10)13(19)11(17)6-8-16/h1-4,11,13,16-17,19H,5-8H2,(H,15,18). The lowest BCUT2D eigenvalue weighted by Crippen LogP contribution is -2.19. The van der Waals surface area contributed by atoms with E-state index in [1.165, 1.54) is 0 Å². The Kier molecular flexibility index (Phi) is 6.80. The number of anilines is 1. The Morgan fingerprint density at radius 1 is 1.26 bits per heavy atom. The van der Waals surface area contributed by atoms with Gasteiger partial charge in [0, 0.05) is 24.6 Å². The molecule has 0 saturated heterocycles. The molecule has 106 valence electrons. The molecule has 0 bridgehead atoms. The molecule has 1 aromatic carbocycles. The van der Waals surface area contributed by atoms with Crippen LogP contribution in [0.25, 0.3) is 0 Å². The highest BCUT2D eigenvalue weighted by molar-refractivity contribution is 6.19. The highest BCUT2D eigenvalue weighted by Crippen LogP contribution is 2.20. The van der Waals surface area contributed by atoms with Crippen LogP contribution >= 0.6 is 11.6 Å². The molecule has 0 aliphatic rings. The minimum atomic E-state index is -1.06. The van der Waals surface area contributed by atoms with Crippen molar-refractivity contribution in [2.75, 3.05) is 17.8 Å². The molecule has 0 saturated carbocycles. The fourth-order valence-electron chi connectivity index (χ4n) is 1.59. The zero-order valence-electron chi connectivity index (χ0n) is 10.4. The zero-order chi connectivity index (χ0) is 14.3. The second-order valence-corrected chi connectivity index (χ2v) is 4.51. The van der Waals surface area contributed by atoms with Crippen molar-refractivity contribution in [2.45, 2.75) is 25.0 Å². The van der Waals surface area contributed by atoms with Gasteiger partial charge in [0.05, 0.1) is 6.10 Å². The van der Waals surface area contributed by atoms with E-state index in [-0.39, 0.29) is 31.2 Å². The van der Waals surface area contributed by atoms with Crippen LogP contribution in [-0.2, 0) is 4.79 Å². The van der Waals surface area contributed by atoms with Gasteiger partial charge in [0.1, 0.15) is 6.10 Å². The fourth-order valence-corrected chi connectivity index (χ4v) is 1.76. The van der Waals surface area contributed by atoms with Crippen molar-refractivity contribution in [3.8, 4) is 0 Å². The van der Waals surface area contributed by atoms with Crippen LogP contribution in [0, 0.1) is 0 Å². The van der Waals surface area contributed by atoms with Gasteiger partial charge in [0.2, 0.25) is 5.91 Å². The average molecular weight is 288 g/mol. The molecular formula is C13H18ClNO4. The summed E-state index contributed by atoms with van der Waals surface area (Å²) in [5, 5.41) is 30.7. The summed E-state index contributed by atoms with van der Waals surface area (Å²) in [6.07, 6.45) is -1.72. The zero-order valence-corrected chi connectivity index (χ0v) is 11.2. The predicted molar refractivity (Wildman–Crippen MR) is 73.1 cm³/mol. The lowest BCUT2D eigenvalue weighted by Gasteiger charge is -2.17. The van der Waals surface area contributed by atoms with Gasteiger partial charge in [0.25, 0.3) is 0 Å². The molecule has 0 aliphatic carbocycles. The van der Waals surface area contributed by atoms with E-state index in [9.17, 15) is 15.0 Å². The van der Waals surface area contributed by atoms with Gasteiger partial charge in [-0.25, -0.2) is 0 Å². The van der Waals surface area contributed by atoms with Crippen molar-refractivity contribution >= 4 is 23.2 Å². The van der Waals surface area contributed by atoms with Gasteiger partial charge in [-0.1, -0.05) is 12.1 Å². The van der Waals surface area contributed by atoms with Gasteiger partial charge >= 0.3 is 0 Å². The number of alkyl halides is 1. The molecule has 1 aromatic rings. The van der Waals surface area contributed by atoms with Crippen molar-refractivity contribution in [2.24, 2.45) is 0 Å². The summed E-state index contributed by atoms with van der Waals surface area (Å²) >= 11 is 5.45. The Bertz CT molecular complexity index is 396. The molecule has 1 rings (SSSR count). The van der Waals surface area contributed by atoms with Crippen LogP contribution in [0.2, 0.25) is 0 Å². The topological polar surface area (TPSA) is 89.8 Å². The maximum atomic E-state index is 11.3. The van der Waals surface area contributed by atoms with Crippen LogP contribution < -0.4 is 5.32 Å². The maximum Gasteiger partial charge on any atom is 0.225 e.